The van der Waals surface area contributed by atoms with E-state index in [-0.39, 0.29) is 12.1 Å². The number of nitrogens with one attached hydrogen (secondary N) is 2. The van der Waals surface area contributed by atoms with E-state index < -0.39 is 0 Å². The third kappa shape index (κ3) is 4.36. The van der Waals surface area contributed by atoms with Crippen LogP contribution in [0.25, 0.3) is 0 Å². The lowest BCUT2D eigenvalue weighted by Crippen LogP contribution is -2.50. The number of aromatic nitrogens is 3. The van der Waals surface area contributed by atoms with Crippen LogP contribution in [0.3, 0.4) is 0 Å². The van der Waals surface area contributed by atoms with Crippen molar-refractivity contribution < 1.29 is 9.47 Å². The van der Waals surface area contributed by atoms with E-state index in [9.17, 15) is 0 Å². The molecule has 25 heavy (non-hydrogen) atoms. The first-order valence-corrected chi connectivity index (χ1v) is 8.97. The minimum atomic E-state index is 0.0472. The monoisotopic (exact) mass is 343 g/mol. The number of aromatic amines is 1. The molecule has 7 heteroatoms. The molecule has 0 aliphatic carbocycles. The molecular weight excluding hydrogens is 318 g/mol. The first-order chi connectivity index (χ1) is 12.4. The summed E-state index contributed by atoms with van der Waals surface area (Å²) >= 11 is 0. The van der Waals surface area contributed by atoms with Crippen LogP contribution in [0.1, 0.15) is 18.4 Å². The van der Waals surface area contributed by atoms with Crippen molar-refractivity contribution in [2.45, 2.75) is 37.6 Å². The average molecular weight is 343 g/mol. The predicted molar refractivity (Wildman–Crippen MR) is 93.3 cm³/mol. The maximum atomic E-state index is 5.97. The number of nitrogens with zero attached hydrogens (tertiary/aromatic N) is 3. The van der Waals surface area contributed by atoms with Gasteiger partial charge in [0.05, 0.1) is 31.6 Å². The van der Waals surface area contributed by atoms with Gasteiger partial charge >= 0.3 is 0 Å². The van der Waals surface area contributed by atoms with Crippen LogP contribution < -0.4 is 10.1 Å². The van der Waals surface area contributed by atoms with Crippen LogP contribution >= 0.6 is 0 Å². The van der Waals surface area contributed by atoms with Gasteiger partial charge in [0.25, 0.3) is 0 Å². The van der Waals surface area contributed by atoms with E-state index in [1.54, 1.807) is 12.4 Å². The Morgan fingerprint density at radius 3 is 2.96 bits per heavy atom. The van der Waals surface area contributed by atoms with Gasteiger partial charge in [-0.25, -0.2) is 0 Å². The van der Waals surface area contributed by atoms with Crippen LogP contribution in [0.2, 0.25) is 0 Å². The van der Waals surface area contributed by atoms with Crippen molar-refractivity contribution in [1.82, 2.24) is 25.4 Å². The van der Waals surface area contributed by atoms with Crippen LogP contribution in [-0.4, -0.2) is 64.6 Å². The van der Waals surface area contributed by atoms with Crippen LogP contribution in [0.15, 0.2) is 36.9 Å². The predicted octanol–water partition coefficient (Wildman–Crippen LogP) is 1.21. The van der Waals surface area contributed by atoms with E-state index in [0.29, 0.717) is 19.3 Å². The highest BCUT2D eigenvalue weighted by Gasteiger charge is 2.32. The largest absolute Gasteiger partial charge is 0.483 e. The summed E-state index contributed by atoms with van der Waals surface area (Å²) in [7, 11) is 0. The van der Waals surface area contributed by atoms with E-state index in [1.807, 2.05) is 18.5 Å². The first-order valence-electron chi connectivity index (χ1n) is 8.97. The summed E-state index contributed by atoms with van der Waals surface area (Å²) in [4.78, 5) is 6.70. The summed E-state index contributed by atoms with van der Waals surface area (Å²) in [6, 6.07) is 4.91. The second kappa shape index (κ2) is 7.95. The Kier molecular flexibility index (Phi) is 5.25. The lowest BCUT2D eigenvalue weighted by Gasteiger charge is -2.34. The third-order valence-corrected chi connectivity index (χ3v) is 4.96. The molecule has 0 aromatic carbocycles. The lowest BCUT2D eigenvalue weighted by molar-refractivity contribution is 0.135. The smallest absolute Gasteiger partial charge is 0.157 e. The summed E-state index contributed by atoms with van der Waals surface area (Å²) in [5.74, 6) is 0.772. The van der Waals surface area contributed by atoms with Gasteiger partial charge in [-0.15, -0.1) is 0 Å². The molecule has 2 N–H and O–H groups in total. The zero-order valence-electron chi connectivity index (χ0n) is 14.3. The van der Waals surface area contributed by atoms with E-state index in [0.717, 1.165) is 38.2 Å². The van der Waals surface area contributed by atoms with Gasteiger partial charge in [0.15, 0.2) is 5.75 Å². The molecular formula is C18H25N5O2. The minimum Gasteiger partial charge on any atom is -0.483 e. The molecule has 0 unspecified atom stereocenters. The highest BCUT2D eigenvalue weighted by atomic mass is 16.5. The second-order valence-corrected chi connectivity index (χ2v) is 6.81. The summed E-state index contributed by atoms with van der Waals surface area (Å²) in [5.41, 5.74) is 1.28. The van der Waals surface area contributed by atoms with Crippen molar-refractivity contribution in [2.24, 2.45) is 0 Å². The van der Waals surface area contributed by atoms with Gasteiger partial charge in [0.1, 0.15) is 6.10 Å². The van der Waals surface area contributed by atoms with Crippen LogP contribution in [0.4, 0.5) is 0 Å². The van der Waals surface area contributed by atoms with Gasteiger partial charge < -0.3 is 14.8 Å². The molecule has 2 aromatic heterocycles. The second-order valence-electron chi connectivity index (χ2n) is 6.81. The van der Waals surface area contributed by atoms with Gasteiger partial charge in [-0.05, 0) is 37.6 Å². The molecule has 2 aliphatic heterocycles. The number of piperidine rings is 1. The Balaban J connectivity index is 1.24. The molecule has 4 heterocycles. The molecule has 0 spiro atoms. The maximum absolute atomic E-state index is 5.97. The molecule has 7 nitrogen and oxygen atoms in total. The fourth-order valence-corrected chi connectivity index (χ4v) is 3.59. The quantitative estimate of drug-likeness (QED) is 0.821. The van der Waals surface area contributed by atoms with Gasteiger partial charge in [-0.2, -0.15) is 5.10 Å². The normalized spacial score (nSPS) is 25.3. The van der Waals surface area contributed by atoms with Crippen molar-refractivity contribution >= 4 is 0 Å². The average Bonchev–Trinajstić information content (AvgIpc) is 3.31. The topological polar surface area (TPSA) is 75.3 Å². The van der Waals surface area contributed by atoms with Crippen molar-refractivity contribution in [1.29, 1.82) is 0 Å². The zero-order chi connectivity index (χ0) is 16.9. The number of ether oxygens (including phenoxy) is 2. The molecule has 2 saturated heterocycles. The number of pyridine rings is 1. The summed E-state index contributed by atoms with van der Waals surface area (Å²) in [6.07, 6.45) is 9.60. The Morgan fingerprint density at radius 1 is 1.28 bits per heavy atom. The zero-order valence-corrected chi connectivity index (χ0v) is 14.3. The molecule has 0 saturated carbocycles. The standard InChI is InChI=1S/C18H25N5O2/c1-2-14(8-19-5-1)11-23-6-3-15(4-7-23)22-17-12-24-13-18(17)25-16-9-20-21-10-16/h1-2,5,8-10,15,17-18,22H,3-4,6-7,11-13H2,(H,20,21)/t17-,18+/m0/s1. The number of hydrogen-bond donors (Lipinski definition) is 2. The Hall–Kier alpha value is -1.96. The molecule has 2 fully saturated rings. The summed E-state index contributed by atoms with van der Waals surface area (Å²) < 4.78 is 11.6. The van der Waals surface area contributed by atoms with Crippen molar-refractivity contribution in [3.05, 3.63) is 42.5 Å². The lowest BCUT2D eigenvalue weighted by atomic mass is 10.0. The molecule has 0 amide bonds. The van der Waals surface area contributed by atoms with Crippen LogP contribution in [-0.2, 0) is 11.3 Å². The fraction of sp³-hybridized carbons (Fsp3) is 0.556. The van der Waals surface area contributed by atoms with Crippen molar-refractivity contribution in [3.8, 4) is 5.75 Å². The van der Waals surface area contributed by atoms with Gasteiger partial charge in [-0.1, -0.05) is 6.07 Å². The molecule has 134 valence electrons. The molecule has 2 atom stereocenters. The van der Waals surface area contributed by atoms with Crippen molar-refractivity contribution in [3.63, 3.8) is 0 Å². The molecule has 2 aromatic rings. The summed E-state index contributed by atoms with van der Waals surface area (Å²) in [6.45, 7) is 4.53. The minimum absolute atomic E-state index is 0.0472. The van der Waals surface area contributed by atoms with Crippen LogP contribution in [0, 0.1) is 0 Å². The van der Waals surface area contributed by atoms with E-state index >= 15 is 0 Å². The Labute approximate surface area is 147 Å². The van der Waals surface area contributed by atoms with Gasteiger partial charge in [0.2, 0.25) is 0 Å². The molecule has 0 bridgehead atoms. The van der Waals surface area contributed by atoms with Crippen LogP contribution in [0.5, 0.6) is 5.75 Å². The van der Waals surface area contributed by atoms with Crippen molar-refractivity contribution in [2.75, 3.05) is 26.3 Å². The maximum Gasteiger partial charge on any atom is 0.157 e. The Morgan fingerprint density at radius 2 is 2.20 bits per heavy atom. The van der Waals surface area contributed by atoms with E-state index in [1.165, 1.54) is 5.56 Å². The highest BCUT2D eigenvalue weighted by Crippen LogP contribution is 2.19. The van der Waals surface area contributed by atoms with Gasteiger partial charge in [0, 0.05) is 25.0 Å². The Bertz CT molecular complexity index is 628. The third-order valence-electron chi connectivity index (χ3n) is 4.96. The number of likely N-dealkylation sites (tertiary alicyclic amines) is 1. The molecule has 2 aliphatic rings. The first kappa shape index (κ1) is 16.5. The van der Waals surface area contributed by atoms with Gasteiger partial charge in [-0.3, -0.25) is 15.0 Å². The summed E-state index contributed by atoms with van der Waals surface area (Å²) in [5, 5.41) is 10.5. The highest BCUT2D eigenvalue weighted by molar-refractivity contribution is 5.12. The fourth-order valence-electron chi connectivity index (χ4n) is 3.59. The number of hydrogen-bond acceptors (Lipinski definition) is 6. The van der Waals surface area contributed by atoms with E-state index in [4.69, 9.17) is 9.47 Å². The van der Waals surface area contributed by atoms with E-state index in [2.05, 4.69) is 31.5 Å². The number of rotatable bonds is 6. The molecule has 0 radical (unpaired) electrons. The molecule has 4 rings (SSSR count). The SMILES string of the molecule is c1cncc(CN2CCC(N[C@H]3COC[C@H]3Oc3cn[nH]c3)CC2)c1. The number of H-pyrrole nitrogens is 1.